The summed E-state index contributed by atoms with van der Waals surface area (Å²) in [5.74, 6) is 0.294. The second-order valence-corrected chi connectivity index (χ2v) is 6.26. The number of ether oxygens (including phenoxy) is 1. The molecule has 138 valence electrons. The number of anilines is 1. The van der Waals surface area contributed by atoms with E-state index >= 15 is 0 Å². The Kier molecular flexibility index (Phi) is 4.37. The smallest absolute Gasteiger partial charge is 0.277 e. The minimum atomic E-state index is -0.432. The van der Waals surface area contributed by atoms with Gasteiger partial charge in [-0.25, -0.2) is 0 Å². The number of carbonyl (C=O) groups is 1. The molecule has 1 heterocycles. The molecule has 1 aliphatic heterocycles. The van der Waals surface area contributed by atoms with Crippen molar-refractivity contribution in [2.45, 2.75) is 0 Å². The van der Waals surface area contributed by atoms with Gasteiger partial charge in [0.1, 0.15) is 5.75 Å². The molecule has 0 atom stereocenters. The third kappa shape index (κ3) is 2.91. The van der Waals surface area contributed by atoms with E-state index in [9.17, 15) is 14.9 Å². The Morgan fingerprint density at radius 2 is 1.71 bits per heavy atom. The van der Waals surface area contributed by atoms with Gasteiger partial charge in [0.25, 0.3) is 11.6 Å². The first-order valence-corrected chi connectivity index (χ1v) is 8.63. The molecule has 0 saturated carbocycles. The molecular weight excluding hydrogens is 356 g/mol. The monoisotopic (exact) mass is 372 g/mol. The lowest BCUT2D eigenvalue weighted by atomic mass is 9.89. The van der Waals surface area contributed by atoms with Crippen molar-refractivity contribution in [3.8, 4) is 5.75 Å². The Hall–Kier alpha value is -3.93. The molecule has 1 aliphatic rings. The van der Waals surface area contributed by atoms with E-state index in [1.807, 2.05) is 30.3 Å². The summed E-state index contributed by atoms with van der Waals surface area (Å²) in [6, 6.07) is 20.9. The number of amides is 1. The highest BCUT2D eigenvalue weighted by Crippen LogP contribution is 2.43. The van der Waals surface area contributed by atoms with Crippen LogP contribution < -0.4 is 10.1 Å². The van der Waals surface area contributed by atoms with Gasteiger partial charge in [-0.1, -0.05) is 42.5 Å². The van der Waals surface area contributed by atoms with Crippen LogP contribution in [0.5, 0.6) is 5.75 Å². The summed E-state index contributed by atoms with van der Waals surface area (Å²) in [5.41, 5.74) is 3.25. The normalized spacial score (nSPS) is 14.2. The van der Waals surface area contributed by atoms with Crippen molar-refractivity contribution >= 4 is 28.4 Å². The lowest BCUT2D eigenvalue weighted by Gasteiger charge is -2.13. The number of para-hydroxylation sites is 1. The predicted molar refractivity (Wildman–Crippen MR) is 107 cm³/mol. The second-order valence-electron chi connectivity index (χ2n) is 6.26. The van der Waals surface area contributed by atoms with Crippen molar-refractivity contribution in [3.63, 3.8) is 0 Å². The summed E-state index contributed by atoms with van der Waals surface area (Å²) < 4.78 is 5.31. The fourth-order valence-electron chi connectivity index (χ4n) is 3.41. The van der Waals surface area contributed by atoms with Gasteiger partial charge in [-0.15, -0.1) is 0 Å². The highest BCUT2D eigenvalue weighted by molar-refractivity contribution is 6.38. The second kappa shape index (κ2) is 7.00. The number of nitrogens with one attached hydrogen (secondary N) is 1. The van der Waals surface area contributed by atoms with Gasteiger partial charge in [0.05, 0.1) is 23.2 Å². The molecule has 0 bridgehead atoms. The Morgan fingerprint density at radius 3 is 2.43 bits per heavy atom. The molecule has 6 heteroatoms. The van der Waals surface area contributed by atoms with E-state index in [4.69, 9.17) is 4.74 Å². The van der Waals surface area contributed by atoms with Crippen molar-refractivity contribution in [3.05, 3.63) is 99.6 Å². The number of carbonyl (C=O) groups excluding carboxylic acids is 1. The lowest BCUT2D eigenvalue weighted by Crippen LogP contribution is -2.07. The average molecular weight is 372 g/mol. The maximum Gasteiger partial charge on any atom is 0.277 e. The minimum absolute atomic E-state index is 0.0574. The molecule has 0 radical (unpaired) electrons. The number of benzene rings is 3. The third-order valence-corrected chi connectivity index (χ3v) is 4.65. The molecule has 3 aromatic carbocycles. The van der Waals surface area contributed by atoms with E-state index in [1.165, 1.54) is 6.07 Å². The number of nitro benzene ring substituents is 1. The topological polar surface area (TPSA) is 81.5 Å². The highest BCUT2D eigenvalue weighted by Gasteiger charge is 2.31. The average Bonchev–Trinajstić information content (AvgIpc) is 3.04. The van der Waals surface area contributed by atoms with E-state index in [0.717, 1.165) is 5.56 Å². The van der Waals surface area contributed by atoms with Crippen LogP contribution >= 0.6 is 0 Å². The maximum atomic E-state index is 12.9. The van der Waals surface area contributed by atoms with Gasteiger partial charge in [-0.05, 0) is 29.8 Å². The summed E-state index contributed by atoms with van der Waals surface area (Å²) in [4.78, 5) is 24.2. The first-order valence-electron chi connectivity index (χ1n) is 8.63. The van der Waals surface area contributed by atoms with Gasteiger partial charge >= 0.3 is 0 Å². The zero-order valence-electron chi connectivity index (χ0n) is 15.0. The summed E-state index contributed by atoms with van der Waals surface area (Å²) >= 11 is 0. The fraction of sp³-hybridized carbons (Fsp3) is 0.0455. The standard InChI is InChI=1S/C22H16N2O4/c1-28-15-11-12-18-17(13-15)21(22(25)23-18)20(14-7-3-2-4-8-14)16-9-5-6-10-19(16)24(26)27/h2-13H,1H3,(H,23,25)/b21-20+. The molecule has 1 amide bonds. The Morgan fingerprint density at radius 1 is 1.00 bits per heavy atom. The van der Waals surface area contributed by atoms with Crippen molar-refractivity contribution < 1.29 is 14.5 Å². The van der Waals surface area contributed by atoms with Crippen molar-refractivity contribution in [2.75, 3.05) is 12.4 Å². The summed E-state index contributed by atoms with van der Waals surface area (Å²) in [7, 11) is 1.55. The van der Waals surface area contributed by atoms with Gasteiger partial charge in [0.2, 0.25) is 0 Å². The van der Waals surface area contributed by atoms with Crippen molar-refractivity contribution in [2.24, 2.45) is 0 Å². The Balaban J connectivity index is 2.09. The third-order valence-electron chi connectivity index (χ3n) is 4.65. The first-order chi connectivity index (χ1) is 13.6. The van der Waals surface area contributed by atoms with Crippen LogP contribution in [-0.4, -0.2) is 17.9 Å². The van der Waals surface area contributed by atoms with Crippen molar-refractivity contribution in [1.82, 2.24) is 0 Å². The fourth-order valence-corrected chi connectivity index (χ4v) is 3.41. The number of nitrogens with zero attached hydrogens (tertiary/aromatic N) is 1. The van der Waals surface area contributed by atoms with Crippen LogP contribution in [0, 0.1) is 10.1 Å². The predicted octanol–water partition coefficient (Wildman–Crippen LogP) is 4.51. The van der Waals surface area contributed by atoms with Crippen LogP contribution in [0.1, 0.15) is 16.7 Å². The van der Waals surface area contributed by atoms with Gasteiger partial charge in [0, 0.05) is 22.9 Å². The summed E-state index contributed by atoms with van der Waals surface area (Å²) in [6.07, 6.45) is 0. The quantitative estimate of drug-likeness (QED) is 0.415. The van der Waals surface area contributed by atoms with Crippen molar-refractivity contribution in [1.29, 1.82) is 0 Å². The van der Waals surface area contributed by atoms with E-state index in [-0.39, 0.29) is 11.6 Å². The first kappa shape index (κ1) is 17.5. The highest BCUT2D eigenvalue weighted by atomic mass is 16.6. The number of methoxy groups -OCH3 is 1. The lowest BCUT2D eigenvalue weighted by molar-refractivity contribution is -0.385. The van der Waals surface area contributed by atoms with Gasteiger partial charge < -0.3 is 10.1 Å². The number of rotatable bonds is 4. The van der Waals surface area contributed by atoms with E-state index in [1.54, 1.807) is 43.5 Å². The molecule has 6 nitrogen and oxygen atoms in total. The number of fused-ring (bicyclic) bond motifs is 1. The van der Waals surface area contributed by atoms with Gasteiger partial charge in [-0.3, -0.25) is 14.9 Å². The molecular formula is C22H16N2O4. The van der Waals surface area contributed by atoms with Gasteiger partial charge in [-0.2, -0.15) is 0 Å². The van der Waals surface area contributed by atoms with Crippen LogP contribution in [-0.2, 0) is 4.79 Å². The SMILES string of the molecule is COc1ccc2c(c1)/C(=C(/c1ccccc1)c1ccccc1[N+](=O)[O-])C(=O)N2. The summed E-state index contributed by atoms with van der Waals surface area (Å²) in [6.45, 7) is 0. The molecule has 0 unspecified atom stereocenters. The Bertz CT molecular complexity index is 1120. The van der Waals surface area contributed by atoms with E-state index < -0.39 is 4.92 Å². The zero-order valence-corrected chi connectivity index (χ0v) is 15.0. The Labute approximate surface area is 161 Å². The van der Waals surface area contributed by atoms with Gasteiger partial charge in [0.15, 0.2) is 0 Å². The molecule has 0 aromatic heterocycles. The van der Waals surface area contributed by atoms with E-state index in [0.29, 0.717) is 33.7 Å². The molecule has 0 aliphatic carbocycles. The number of hydrogen-bond acceptors (Lipinski definition) is 4. The largest absolute Gasteiger partial charge is 0.497 e. The van der Waals surface area contributed by atoms with Crippen LogP contribution in [0.15, 0.2) is 72.8 Å². The maximum absolute atomic E-state index is 12.9. The zero-order chi connectivity index (χ0) is 19.7. The van der Waals surface area contributed by atoms with E-state index in [2.05, 4.69) is 5.32 Å². The van der Waals surface area contributed by atoms with Crippen LogP contribution in [0.2, 0.25) is 0 Å². The number of nitro groups is 1. The molecule has 0 saturated heterocycles. The molecule has 0 spiro atoms. The summed E-state index contributed by atoms with van der Waals surface area (Å²) in [5, 5.41) is 14.5. The van der Waals surface area contributed by atoms with Crippen LogP contribution in [0.3, 0.4) is 0 Å². The molecule has 1 N–H and O–H groups in total. The molecule has 28 heavy (non-hydrogen) atoms. The number of hydrogen-bond donors (Lipinski definition) is 1. The van der Waals surface area contributed by atoms with Crippen LogP contribution in [0.25, 0.3) is 11.1 Å². The minimum Gasteiger partial charge on any atom is -0.497 e. The van der Waals surface area contributed by atoms with Crippen LogP contribution in [0.4, 0.5) is 11.4 Å². The molecule has 0 fully saturated rings. The molecule has 4 rings (SSSR count). The molecule has 3 aromatic rings.